The molecular weight excluding hydrogens is 266 g/mol. The first-order valence-corrected chi connectivity index (χ1v) is 6.54. The predicted molar refractivity (Wildman–Crippen MR) is 78.9 cm³/mol. The molecule has 6 heteroatoms. The van der Waals surface area contributed by atoms with Gasteiger partial charge in [0.2, 0.25) is 0 Å². The maximum Gasteiger partial charge on any atom is 0.122 e. The van der Waals surface area contributed by atoms with Gasteiger partial charge in [0.1, 0.15) is 11.4 Å². The number of nitrogens with one attached hydrogen (secondary N) is 1. The molecule has 0 atom stereocenters. The third-order valence-electron chi connectivity index (χ3n) is 3.53. The maximum atomic E-state index is 5.43. The lowest BCUT2D eigenvalue weighted by Crippen LogP contribution is -1.93. The highest BCUT2D eigenvalue weighted by molar-refractivity contribution is 5.78. The molecule has 0 amide bonds. The Bertz CT molecular complexity index is 767. The topological polar surface area (TPSA) is 76.6 Å². The van der Waals surface area contributed by atoms with E-state index in [-0.39, 0.29) is 0 Å². The summed E-state index contributed by atoms with van der Waals surface area (Å²) in [5.41, 5.74) is 5.69. The standard InChI is InChI=1S/C15H15N5O/c1-9-6-12(7-13(21-3)10(9)2)15-14(18-20-19-15)11-4-5-16-17-8-11/h4-8H,1-3H3,(H,18,19,20). The Kier molecular flexibility index (Phi) is 3.35. The first-order chi connectivity index (χ1) is 10.2. The first-order valence-electron chi connectivity index (χ1n) is 6.54. The Balaban J connectivity index is 2.15. The number of hydrogen-bond acceptors (Lipinski definition) is 5. The Labute approximate surface area is 122 Å². The molecule has 0 fully saturated rings. The van der Waals surface area contributed by atoms with Crippen molar-refractivity contribution in [1.29, 1.82) is 0 Å². The molecule has 6 nitrogen and oxygen atoms in total. The van der Waals surface area contributed by atoms with Gasteiger partial charge < -0.3 is 4.74 Å². The molecule has 3 aromatic rings. The quantitative estimate of drug-likeness (QED) is 0.798. The summed E-state index contributed by atoms with van der Waals surface area (Å²) in [5.74, 6) is 0.840. The minimum absolute atomic E-state index is 0.768. The summed E-state index contributed by atoms with van der Waals surface area (Å²) < 4.78 is 5.43. The number of nitrogens with zero attached hydrogens (tertiary/aromatic N) is 4. The molecule has 2 heterocycles. The molecule has 0 saturated heterocycles. The molecule has 0 saturated carbocycles. The summed E-state index contributed by atoms with van der Waals surface area (Å²) in [6.07, 6.45) is 3.32. The monoisotopic (exact) mass is 281 g/mol. The van der Waals surface area contributed by atoms with Gasteiger partial charge in [-0.25, -0.2) is 0 Å². The lowest BCUT2D eigenvalue weighted by molar-refractivity contribution is 0.411. The van der Waals surface area contributed by atoms with E-state index >= 15 is 0 Å². The number of methoxy groups -OCH3 is 1. The second kappa shape index (κ2) is 5.32. The third kappa shape index (κ3) is 2.35. The average Bonchev–Trinajstić information content (AvgIpc) is 3.00. The largest absolute Gasteiger partial charge is 0.496 e. The van der Waals surface area contributed by atoms with Crippen molar-refractivity contribution in [3.63, 3.8) is 0 Å². The summed E-state index contributed by atoms with van der Waals surface area (Å²) in [5, 5.41) is 18.7. The van der Waals surface area contributed by atoms with Gasteiger partial charge in [-0.15, -0.1) is 5.10 Å². The van der Waals surface area contributed by atoms with Crippen LogP contribution in [0.15, 0.2) is 30.6 Å². The van der Waals surface area contributed by atoms with E-state index in [2.05, 4.69) is 38.6 Å². The number of H-pyrrole nitrogens is 1. The van der Waals surface area contributed by atoms with E-state index in [1.807, 2.05) is 19.1 Å². The first kappa shape index (κ1) is 13.2. The molecular formula is C15H15N5O. The zero-order chi connectivity index (χ0) is 14.8. The molecule has 0 aliphatic heterocycles. The van der Waals surface area contributed by atoms with Gasteiger partial charge in [-0.1, -0.05) is 5.21 Å². The molecule has 0 spiro atoms. The second-order valence-electron chi connectivity index (χ2n) is 4.79. The van der Waals surface area contributed by atoms with Crippen LogP contribution in [-0.4, -0.2) is 32.7 Å². The molecule has 1 N–H and O–H groups in total. The highest BCUT2D eigenvalue weighted by Gasteiger charge is 2.14. The number of ether oxygens (including phenoxy) is 1. The van der Waals surface area contributed by atoms with Gasteiger partial charge in [0, 0.05) is 11.1 Å². The molecule has 1 aromatic carbocycles. The van der Waals surface area contributed by atoms with Crippen LogP contribution in [0, 0.1) is 13.8 Å². The number of aryl methyl sites for hydroxylation is 1. The van der Waals surface area contributed by atoms with Crippen molar-refractivity contribution in [3.8, 4) is 28.3 Å². The van der Waals surface area contributed by atoms with Gasteiger partial charge in [-0.2, -0.15) is 10.2 Å². The van der Waals surface area contributed by atoms with Crippen molar-refractivity contribution < 1.29 is 4.74 Å². The highest BCUT2D eigenvalue weighted by Crippen LogP contribution is 2.32. The van der Waals surface area contributed by atoms with Crippen LogP contribution < -0.4 is 4.74 Å². The fourth-order valence-electron chi connectivity index (χ4n) is 2.25. The van der Waals surface area contributed by atoms with E-state index in [1.54, 1.807) is 19.5 Å². The van der Waals surface area contributed by atoms with Gasteiger partial charge in [0.15, 0.2) is 0 Å². The Morgan fingerprint density at radius 3 is 2.67 bits per heavy atom. The summed E-state index contributed by atoms with van der Waals surface area (Å²) >= 11 is 0. The summed E-state index contributed by atoms with van der Waals surface area (Å²) in [6.45, 7) is 4.09. The number of benzene rings is 1. The Morgan fingerprint density at radius 1 is 1.10 bits per heavy atom. The summed E-state index contributed by atoms with van der Waals surface area (Å²) in [4.78, 5) is 0. The summed E-state index contributed by atoms with van der Waals surface area (Å²) in [7, 11) is 1.67. The zero-order valence-electron chi connectivity index (χ0n) is 12.1. The molecule has 0 aliphatic rings. The van der Waals surface area contributed by atoms with Crippen LogP contribution in [0.3, 0.4) is 0 Å². The van der Waals surface area contributed by atoms with Crippen molar-refractivity contribution in [2.75, 3.05) is 7.11 Å². The van der Waals surface area contributed by atoms with Crippen LogP contribution >= 0.6 is 0 Å². The van der Waals surface area contributed by atoms with Gasteiger partial charge in [0.05, 0.1) is 25.2 Å². The van der Waals surface area contributed by atoms with Crippen molar-refractivity contribution in [2.45, 2.75) is 13.8 Å². The van der Waals surface area contributed by atoms with Gasteiger partial charge >= 0.3 is 0 Å². The minimum Gasteiger partial charge on any atom is -0.496 e. The summed E-state index contributed by atoms with van der Waals surface area (Å²) in [6, 6.07) is 5.91. The van der Waals surface area contributed by atoms with Crippen LogP contribution in [0.1, 0.15) is 11.1 Å². The third-order valence-corrected chi connectivity index (χ3v) is 3.53. The lowest BCUT2D eigenvalue weighted by atomic mass is 10.0. The molecule has 0 radical (unpaired) electrons. The van der Waals surface area contributed by atoms with Gasteiger partial charge in [0.25, 0.3) is 0 Å². The normalized spacial score (nSPS) is 10.6. The fraction of sp³-hybridized carbons (Fsp3) is 0.200. The molecule has 0 aliphatic carbocycles. The Hall–Kier alpha value is -2.76. The van der Waals surface area contributed by atoms with Crippen molar-refractivity contribution >= 4 is 0 Å². The zero-order valence-corrected chi connectivity index (χ0v) is 12.1. The number of hydrogen-bond donors (Lipinski definition) is 1. The fourth-order valence-corrected chi connectivity index (χ4v) is 2.25. The number of aromatic amines is 1. The van der Waals surface area contributed by atoms with Gasteiger partial charge in [-0.3, -0.25) is 5.10 Å². The Morgan fingerprint density at radius 2 is 1.95 bits per heavy atom. The number of rotatable bonds is 3. The highest BCUT2D eigenvalue weighted by atomic mass is 16.5. The van der Waals surface area contributed by atoms with Crippen molar-refractivity contribution in [3.05, 3.63) is 41.7 Å². The minimum atomic E-state index is 0.768. The van der Waals surface area contributed by atoms with Crippen LogP contribution in [0.25, 0.3) is 22.5 Å². The van der Waals surface area contributed by atoms with E-state index in [9.17, 15) is 0 Å². The molecule has 0 bridgehead atoms. The SMILES string of the molecule is COc1cc(-c2nn[nH]c2-c2ccnnc2)cc(C)c1C. The predicted octanol–water partition coefficient (Wildman–Crippen LogP) is 2.55. The number of aromatic nitrogens is 5. The second-order valence-corrected chi connectivity index (χ2v) is 4.79. The van der Waals surface area contributed by atoms with Crippen molar-refractivity contribution in [1.82, 2.24) is 25.6 Å². The van der Waals surface area contributed by atoms with Crippen LogP contribution in [0.2, 0.25) is 0 Å². The molecule has 2 aromatic heterocycles. The van der Waals surface area contributed by atoms with E-state index in [0.717, 1.165) is 39.4 Å². The van der Waals surface area contributed by atoms with Crippen molar-refractivity contribution in [2.24, 2.45) is 0 Å². The molecule has 0 unspecified atom stereocenters. The van der Waals surface area contributed by atoms with E-state index in [4.69, 9.17) is 4.74 Å². The molecule has 21 heavy (non-hydrogen) atoms. The lowest BCUT2D eigenvalue weighted by Gasteiger charge is -2.10. The van der Waals surface area contributed by atoms with Crippen LogP contribution in [0.5, 0.6) is 5.75 Å². The van der Waals surface area contributed by atoms with Crippen LogP contribution in [-0.2, 0) is 0 Å². The van der Waals surface area contributed by atoms with E-state index in [1.165, 1.54) is 0 Å². The average molecular weight is 281 g/mol. The van der Waals surface area contributed by atoms with E-state index in [0.29, 0.717) is 0 Å². The smallest absolute Gasteiger partial charge is 0.122 e. The van der Waals surface area contributed by atoms with E-state index < -0.39 is 0 Å². The maximum absolute atomic E-state index is 5.43. The van der Waals surface area contributed by atoms with Crippen LogP contribution in [0.4, 0.5) is 0 Å². The van der Waals surface area contributed by atoms with Gasteiger partial charge in [-0.05, 0) is 43.2 Å². The molecule has 106 valence electrons. The molecule has 3 rings (SSSR count).